The molecule has 2 aromatic carbocycles. The fraction of sp³-hybridized carbons (Fsp3) is 0.174. The molecule has 1 N–H and O–H groups in total. The molecule has 0 radical (unpaired) electrons. The van der Waals surface area contributed by atoms with Crippen molar-refractivity contribution in [3.63, 3.8) is 0 Å². The zero-order valence-electron chi connectivity index (χ0n) is 17.1. The Hall–Kier alpha value is -3.76. The first-order chi connectivity index (χ1) is 14.8. The molecule has 1 saturated heterocycles. The molecule has 0 aromatic heterocycles. The summed E-state index contributed by atoms with van der Waals surface area (Å²) in [7, 11) is 1.42. The normalized spacial score (nSPS) is 15.0. The number of rotatable bonds is 5. The van der Waals surface area contributed by atoms with Crippen LogP contribution < -0.4 is 19.7 Å². The van der Waals surface area contributed by atoms with Gasteiger partial charge in [0.15, 0.2) is 11.5 Å². The number of terminal acetylenes is 1. The number of halogens is 1. The number of carbonyl (C=O) groups is 3. The van der Waals surface area contributed by atoms with Crippen molar-refractivity contribution in [1.82, 2.24) is 5.32 Å². The molecule has 0 bridgehead atoms. The molecule has 1 aliphatic rings. The summed E-state index contributed by atoms with van der Waals surface area (Å²) in [6, 6.07) is 7.48. The molecule has 7 nitrogen and oxygen atoms in total. The third-order valence-corrected chi connectivity index (χ3v) is 5.06. The van der Waals surface area contributed by atoms with Crippen LogP contribution in [0.25, 0.3) is 6.08 Å². The average Bonchev–Trinajstić information content (AvgIpc) is 2.73. The van der Waals surface area contributed by atoms with E-state index in [-0.39, 0.29) is 28.7 Å². The maximum absolute atomic E-state index is 13.1. The lowest BCUT2D eigenvalue weighted by Gasteiger charge is -2.28. The summed E-state index contributed by atoms with van der Waals surface area (Å²) in [6.45, 7) is 3.65. The minimum atomic E-state index is -0.811. The summed E-state index contributed by atoms with van der Waals surface area (Å²) >= 11 is 6.27. The summed E-state index contributed by atoms with van der Waals surface area (Å²) in [4.78, 5) is 39.0. The molecule has 2 aromatic rings. The van der Waals surface area contributed by atoms with Crippen LogP contribution in [0.4, 0.5) is 10.5 Å². The number of nitrogens with one attached hydrogen (secondary N) is 1. The van der Waals surface area contributed by atoms with Gasteiger partial charge >= 0.3 is 6.03 Å². The highest BCUT2D eigenvalue weighted by Gasteiger charge is 2.37. The standard InChI is InChI=1S/C23H19ClN2O5/c1-5-9-31-20-17(24)11-15(12-19(20)30-4)10-16-21(27)25-23(29)26(22(16)28)18-8-6-7-13(2)14(18)3/h1,6-8,10-12H,9H2,2-4H3,(H,25,27,29)/b16-10+. The van der Waals surface area contributed by atoms with Crippen molar-refractivity contribution in [2.24, 2.45) is 0 Å². The van der Waals surface area contributed by atoms with E-state index in [9.17, 15) is 14.4 Å². The van der Waals surface area contributed by atoms with Gasteiger partial charge in [0.2, 0.25) is 0 Å². The Morgan fingerprint density at radius 3 is 2.65 bits per heavy atom. The number of anilines is 1. The van der Waals surface area contributed by atoms with Gasteiger partial charge in [0.1, 0.15) is 12.2 Å². The molecule has 0 saturated carbocycles. The van der Waals surface area contributed by atoms with Gasteiger partial charge < -0.3 is 9.47 Å². The third kappa shape index (κ3) is 4.25. The van der Waals surface area contributed by atoms with Crippen molar-refractivity contribution >= 4 is 41.2 Å². The number of amides is 4. The van der Waals surface area contributed by atoms with Gasteiger partial charge in [0, 0.05) is 0 Å². The van der Waals surface area contributed by atoms with Gasteiger partial charge in [-0.2, -0.15) is 0 Å². The number of aryl methyl sites for hydroxylation is 1. The lowest BCUT2D eigenvalue weighted by Crippen LogP contribution is -2.54. The lowest BCUT2D eigenvalue weighted by molar-refractivity contribution is -0.122. The van der Waals surface area contributed by atoms with E-state index in [0.29, 0.717) is 11.3 Å². The second-order valence-corrected chi connectivity index (χ2v) is 7.11. The molecule has 0 unspecified atom stereocenters. The molecular formula is C23H19ClN2O5. The van der Waals surface area contributed by atoms with Crippen LogP contribution in [0, 0.1) is 26.2 Å². The largest absolute Gasteiger partial charge is 0.493 e. The second kappa shape index (κ2) is 8.94. The molecule has 0 atom stereocenters. The van der Waals surface area contributed by atoms with Gasteiger partial charge in [0.25, 0.3) is 11.8 Å². The van der Waals surface area contributed by atoms with E-state index in [4.69, 9.17) is 27.5 Å². The van der Waals surface area contributed by atoms with Crippen molar-refractivity contribution in [3.05, 3.63) is 57.6 Å². The number of carbonyl (C=O) groups excluding carboxylic acids is 3. The molecule has 31 heavy (non-hydrogen) atoms. The zero-order valence-corrected chi connectivity index (χ0v) is 17.9. The molecule has 158 valence electrons. The number of hydrogen-bond acceptors (Lipinski definition) is 5. The number of ether oxygens (including phenoxy) is 2. The van der Waals surface area contributed by atoms with E-state index >= 15 is 0 Å². The summed E-state index contributed by atoms with van der Waals surface area (Å²) in [5, 5.41) is 2.39. The Labute approximate surface area is 184 Å². The highest BCUT2D eigenvalue weighted by atomic mass is 35.5. The van der Waals surface area contributed by atoms with Crippen LogP contribution in [-0.4, -0.2) is 31.6 Å². The minimum Gasteiger partial charge on any atom is -0.493 e. The topological polar surface area (TPSA) is 84.9 Å². The summed E-state index contributed by atoms with van der Waals surface area (Å²) in [6.07, 6.45) is 6.55. The molecule has 4 amide bonds. The number of hydrogen-bond donors (Lipinski definition) is 1. The Balaban J connectivity index is 2.05. The van der Waals surface area contributed by atoms with Crippen LogP contribution in [0.3, 0.4) is 0 Å². The Kier molecular flexibility index (Phi) is 6.33. The van der Waals surface area contributed by atoms with Crippen molar-refractivity contribution in [2.45, 2.75) is 13.8 Å². The van der Waals surface area contributed by atoms with Gasteiger partial charge in [0.05, 0.1) is 17.8 Å². The number of methoxy groups -OCH3 is 1. The number of benzene rings is 2. The highest BCUT2D eigenvalue weighted by molar-refractivity contribution is 6.39. The summed E-state index contributed by atoms with van der Waals surface area (Å²) < 4.78 is 10.7. The van der Waals surface area contributed by atoms with E-state index < -0.39 is 17.8 Å². The maximum atomic E-state index is 13.1. The maximum Gasteiger partial charge on any atom is 0.335 e. The Bertz CT molecular complexity index is 1160. The van der Waals surface area contributed by atoms with E-state index in [0.717, 1.165) is 16.0 Å². The minimum absolute atomic E-state index is 0.00960. The van der Waals surface area contributed by atoms with E-state index in [2.05, 4.69) is 11.2 Å². The van der Waals surface area contributed by atoms with Crippen LogP contribution in [0.1, 0.15) is 16.7 Å². The van der Waals surface area contributed by atoms with Crippen LogP contribution in [0.5, 0.6) is 11.5 Å². The van der Waals surface area contributed by atoms with Crippen LogP contribution in [-0.2, 0) is 9.59 Å². The average molecular weight is 439 g/mol. The molecule has 0 spiro atoms. The van der Waals surface area contributed by atoms with Crippen LogP contribution in [0.15, 0.2) is 35.9 Å². The first kappa shape index (κ1) is 21.9. The number of imide groups is 2. The van der Waals surface area contributed by atoms with Gasteiger partial charge in [-0.05, 0) is 54.8 Å². The van der Waals surface area contributed by atoms with Gasteiger partial charge in [-0.25, -0.2) is 9.69 Å². The quantitative estimate of drug-likeness (QED) is 0.437. The summed E-state index contributed by atoms with van der Waals surface area (Å²) in [5.74, 6) is 1.31. The molecule has 1 fully saturated rings. The zero-order chi connectivity index (χ0) is 22.7. The fourth-order valence-electron chi connectivity index (χ4n) is 3.10. The fourth-order valence-corrected chi connectivity index (χ4v) is 3.37. The second-order valence-electron chi connectivity index (χ2n) is 6.70. The van der Waals surface area contributed by atoms with Crippen molar-refractivity contribution < 1.29 is 23.9 Å². The first-order valence-corrected chi connectivity index (χ1v) is 9.57. The molecule has 0 aliphatic carbocycles. The van der Waals surface area contributed by atoms with Crippen molar-refractivity contribution in [1.29, 1.82) is 0 Å². The smallest absolute Gasteiger partial charge is 0.335 e. The number of barbiturate groups is 1. The monoisotopic (exact) mass is 438 g/mol. The predicted octanol–water partition coefficient (Wildman–Crippen LogP) is 3.64. The van der Waals surface area contributed by atoms with Crippen molar-refractivity contribution in [2.75, 3.05) is 18.6 Å². The van der Waals surface area contributed by atoms with E-state index in [1.807, 2.05) is 13.0 Å². The highest BCUT2D eigenvalue weighted by Crippen LogP contribution is 2.37. The van der Waals surface area contributed by atoms with E-state index in [1.165, 1.54) is 19.3 Å². The molecule has 1 aliphatic heterocycles. The SMILES string of the molecule is C#CCOc1c(Cl)cc(/C=C2\C(=O)NC(=O)N(c3cccc(C)c3C)C2=O)cc1OC. The van der Waals surface area contributed by atoms with Gasteiger partial charge in [-0.1, -0.05) is 29.7 Å². The molecule has 1 heterocycles. The van der Waals surface area contributed by atoms with Crippen molar-refractivity contribution in [3.8, 4) is 23.8 Å². The summed E-state index contributed by atoms with van der Waals surface area (Å²) in [5.41, 5.74) is 2.23. The van der Waals surface area contributed by atoms with Crippen LogP contribution >= 0.6 is 11.6 Å². The van der Waals surface area contributed by atoms with E-state index in [1.54, 1.807) is 25.1 Å². The Morgan fingerprint density at radius 2 is 1.97 bits per heavy atom. The predicted molar refractivity (Wildman–Crippen MR) is 117 cm³/mol. The van der Waals surface area contributed by atoms with Crippen LogP contribution in [0.2, 0.25) is 5.02 Å². The number of nitrogens with zero attached hydrogens (tertiary/aromatic N) is 1. The molecule has 8 heteroatoms. The Morgan fingerprint density at radius 1 is 1.23 bits per heavy atom. The van der Waals surface area contributed by atoms with Gasteiger partial charge in [-0.3, -0.25) is 14.9 Å². The van der Waals surface area contributed by atoms with Gasteiger partial charge in [-0.15, -0.1) is 6.42 Å². The molecule has 3 rings (SSSR count). The number of urea groups is 1. The first-order valence-electron chi connectivity index (χ1n) is 9.20. The molecular weight excluding hydrogens is 420 g/mol. The lowest BCUT2D eigenvalue weighted by atomic mass is 10.0. The third-order valence-electron chi connectivity index (χ3n) is 4.78.